The van der Waals surface area contributed by atoms with Crippen molar-refractivity contribution in [1.82, 2.24) is 4.90 Å². The predicted molar refractivity (Wildman–Crippen MR) is 72.5 cm³/mol. The van der Waals surface area contributed by atoms with Crippen molar-refractivity contribution >= 4 is 13.6 Å². The van der Waals surface area contributed by atoms with Gasteiger partial charge in [-0.25, -0.2) is 4.90 Å². The summed E-state index contributed by atoms with van der Waals surface area (Å²) in [6.07, 6.45) is -13.9. The van der Waals surface area contributed by atoms with E-state index in [2.05, 4.69) is 13.8 Å². The summed E-state index contributed by atoms with van der Waals surface area (Å²) in [4.78, 5) is 11.5. The minimum atomic E-state index is -6.03. The molecule has 13 heteroatoms. The molecule has 0 spiro atoms. The molecule has 0 aromatic carbocycles. The second-order valence-electron chi connectivity index (χ2n) is 5.79. The standard InChI is InChI=1S/C12H18F6NO5P/c1-7(2)5-8-9(20)24-10(11(13,14)15,12(16,17)18)19(8)6-25(21,22-3)23-4/h7-8H,5-6H2,1-4H3/t8-/m0/s1. The highest BCUT2D eigenvalue weighted by molar-refractivity contribution is 7.53. The number of halogens is 6. The smallest absolute Gasteiger partial charge is 0.423 e. The first kappa shape index (κ1) is 22.2. The Kier molecular flexibility index (Phi) is 6.26. The molecule has 148 valence electrons. The van der Waals surface area contributed by atoms with Crippen LogP contribution in [0.3, 0.4) is 0 Å². The lowest BCUT2D eigenvalue weighted by Gasteiger charge is -2.40. The Bertz CT molecular complexity index is 527. The van der Waals surface area contributed by atoms with Crippen molar-refractivity contribution < 1.29 is 49.5 Å². The molecule has 0 unspecified atom stereocenters. The van der Waals surface area contributed by atoms with Gasteiger partial charge in [-0.2, -0.15) is 26.3 Å². The van der Waals surface area contributed by atoms with Crippen LogP contribution in [0.4, 0.5) is 26.3 Å². The van der Waals surface area contributed by atoms with E-state index in [0.29, 0.717) is 0 Å². The van der Waals surface area contributed by atoms with Crippen LogP contribution < -0.4 is 0 Å². The fourth-order valence-corrected chi connectivity index (χ4v) is 3.62. The molecule has 25 heavy (non-hydrogen) atoms. The number of rotatable bonds is 6. The van der Waals surface area contributed by atoms with Crippen LogP contribution in [0.5, 0.6) is 0 Å². The summed E-state index contributed by atoms with van der Waals surface area (Å²) in [7, 11) is -2.75. The highest BCUT2D eigenvalue weighted by Gasteiger charge is 2.82. The molecule has 1 fully saturated rings. The molecule has 6 nitrogen and oxygen atoms in total. The van der Waals surface area contributed by atoms with Crippen LogP contribution in [0.25, 0.3) is 0 Å². The third-order valence-corrected chi connectivity index (χ3v) is 5.41. The molecule has 0 aromatic rings. The SMILES string of the molecule is COP(=O)(CN1[C@@H](CC(C)C)C(=O)OC1(C(F)(F)F)C(F)(F)F)OC. The number of ether oxygens (including phenoxy) is 1. The number of hydrogen-bond acceptors (Lipinski definition) is 6. The Balaban J connectivity index is 3.57. The van der Waals surface area contributed by atoms with Gasteiger partial charge in [-0.3, -0.25) is 9.36 Å². The Morgan fingerprint density at radius 1 is 1.16 bits per heavy atom. The van der Waals surface area contributed by atoms with Crippen molar-refractivity contribution in [3.8, 4) is 0 Å². The molecule has 1 saturated heterocycles. The van der Waals surface area contributed by atoms with Gasteiger partial charge in [0.25, 0.3) is 0 Å². The Labute approximate surface area is 139 Å². The summed E-state index contributed by atoms with van der Waals surface area (Å²) in [6, 6.07) is -1.91. The summed E-state index contributed by atoms with van der Waals surface area (Å²) in [6.45, 7) is 3.00. The number of carbonyl (C=O) groups is 1. The van der Waals surface area contributed by atoms with E-state index >= 15 is 0 Å². The molecule has 1 aliphatic heterocycles. The van der Waals surface area contributed by atoms with Crippen LogP contribution in [-0.4, -0.2) is 55.5 Å². The molecular formula is C12H18F6NO5P. The normalized spacial score (nSPS) is 22.5. The average Bonchev–Trinajstić information content (AvgIpc) is 2.72. The van der Waals surface area contributed by atoms with Gasteiger partial charge in [-0.1, -0.05) is 13.8 Å². The lowest BCUT2D eigenvalue weighted by Crippen LogP contribution is -2.66. The zero-order chi connectivity index (χ0) is 19.8. The van der Waals surface area contributed by atoms with Gasteiger partial charge in [0.15, 0.2) is 0 Å². The quantitative estimate of drug-likeness (QED) is 0.386. The van der Waals surface area contributed by atoms with Gasteiger partial charge in [0.1, 0.15) is 12.3 Å². The number of esters is 1. The maximum absolute atomic E-state index is 13.4. The molecule has 0 aromatic heterocycles. The van der Waals surface area contributed by atoms with Gasteiger partial charge in [-0.05, 0) is 12.3 Å². The molecule has 0 saturated carbocycles. The Hall–Kier alpha value is -0.840. The van der Waals surface area contributed by atoms with E-state index in [0.717, 1.165) is 14.2 Å². The third-order valence-electron chi connectivity index (χ3n) is 3.65. The predicted octanol–water partition coefficient (Wildman–Crippen LogP) is 3.52. The van der Waals surface area contributed by atoms with Crippen LogP contribution in [0.1, 0.15) is 20.3 Å². The Morgan fingerprint density at radius 3 is 1.92 bits per heavy atom. The van der Waals surface area contributed by atoms with Gasteiger partial charge in [0, 0.05) is 14.2 Å². The van der Waals surface area contributed by atoms with Crippen molar-refractivity contribution in [1.29, 1.82) is 0 Å². The zero-order valence-electron chi connectivity index (χ0n) is 13.8. The van der Waals surface area contributed by atoms with Gasteiger partial charge in [0.05, 0.1) is 0 Å². The van der Waals surface area contributed by atoms with E-state index < -0.39 is 49.9 Å². The molecule has 0 aliphatic carbocycles. The first-order chi connectivity index (χ1) is 11.1. The number of nitrogens with zero attached hydrogens (tertiary/aromatic N) is 1. The fraction of sp³-hybridized carbons (Fsp3) is 0.917. The molecular weight excluding hydrogens is 383 g/mol. The van der Waals surface area contributed by atoms with E-state index in [1.165, 1.54) is 13.8 Å². The van der Waals surface area contributed by atoms with E-state index in [1.807, 2.05) is 0 Å². The number of hydrogen-bond donors (Lipinski definition) is 0. The van der Waals surface area contributed by atoms with E-state index in [1.54, 1.807) is 0 Å². The van der Waals surface area contributed by atoms with Gasteiger partial charge in [-0.15, -0.1) is 0 Å². The molecule has 1 aliphatic rings. The molecule has 0 radical (unpaired) electrons. The lowest BCUT2D eigenvalue weighted by molar-refractivity contribution is -0.400. The summed E-state index contributed by atoms with van der Waals surface area (Å²) < 4.78 is 105. The average molecular weight is 401 g/mol. The Morgan fingerprint density at radius 2 is 1.60 bits per heavy atom. The molecule has 0 amide bonds. The van der Waals surface area contributed by atoms with Crippen LogP contribution in [0.15, 0.2) is 0 Å². The lowest BCUT2D eigenvalue weighted by atomic mass is 10.0. The maximum Gasteiger partial charge on any atom is 0.453 e. The van der Waals surface area contributed by atoms with Crippen molar-refractivity contribution in [3.63, 3.8) is 0 Å². The largest absolute Gasteiger partial charge is 0.453 e. The highest BCUT2D eigenvalue weighted by atomic mass is 31.2. The summed E-state index contributed by atoms with van der Waals surface area (Å²) >= 11 is 0. The molecule has 0 N–H and O–H groups in total. The molecule has 1 atom stereocenters. The van der Waals surface area contributed by atoms with E-state index in [-0.39, 0.29) is 11.3 Å². The number of alkyl halides is 6. The summed E-state index contributed by atoms with van der Waals surface area (Å²) in [5, 5.41) is 0. The number of carbonyl (C=O) groups excluding carboxylic acids is 1. The van der Waals surface area contributed by atoms with E-state index in [9.17, 15) is 35.7 Å². The first-order valence-electron chi connectivity index (χ1n) is 6.98. The highest BCUT2D eigenvalue weighted by Crippen LogP contribution is 2.57. The van der Waals surface area contributed by atoms with Gasteiger partial charge >= 0.3 is 31.6 Å². The molecule has 1 rings (SSSR count). The second-order valence-corrected chi connectivity index (χ2v) is 8.03. The summed E-state index contributed by atoms with van der Waals surface area (Å²) in [5.41, 5.74) is -4.93. The van der Waals surface area contributed by atoms with Crippen molar-refractivity contribution in [2.24, 2.45) is 5.92 Å². The molecule has 1 heterocycles. The van der Waals surface area contributed by atoms with E-state index in [4.69, 9.17) is 0 Å². The topological polar surface area (TPSA) is 65.1 Å². The summed E-state index contributed by atoms with van der Waals surface area (Å²) in [5.74, 6) is -2.15. The fourth-order valence-electron chi connectivity index (χ4n) is 2.47. The minimum Gasteiger partial charge on any atom is -0.423 e. The first-order valence-corrected chi connectivity index (χ1v) is 8.71. The van der Waals surface area contributed by atoms with Gasteiger partial charge < -0.3 is 13.8 Å². The van der Waals surface area contributed by atoms with Crippen molar-refractivity contribution in [3.05, 3.63) is 0 Å². The second kappa shape index (κ2) is 7.05. The minimum absolute atomic E-state index is 0.316. The zero-order valence-corrected chi connectivity index (χ0v) is 14.7. The maximum atomic E-state index is 13.4. The van der Waals surface area contributed by atoms with Crippen LogP contribution in [0.2, 0.25) is 0 Å². The van der Waals surface area contributed by atoms with Crippen molar-refractivity contribution in [2.45, 2.75) is 44.4 Å². The number of cyclic esters (lactones) is 1. The van der Waals surface area contributed by atoms with Crippen LogP contribution in [-0.2, 0) is 23.1 Å². The van der Waals surface area contributed by atoms with Gasteiger partial charge in [0.2, 0.25) is 0 Å². The monoisotopic (exact) mass is 401 g/mol. The van der Waals surface area contributed by atoms with Crippen LogP contribution >= 0.6 is 7.60 Å². The third kappa shape index (κ3) is 3.96. The van der Waals surface area contributed by atoms with Crippen molar-refractivity contribution in [2.75, 3.05) is 20.5 Å². The van der Waals surface area contributed by atoms with Crippen LogP contribution in [0, 0.1) is 5.92 Å². The molecule has 0 bridgehead atoms.